The van der Waals surface area contributed by atoms with Gasteiger partial charge in [0, 0.05) is 19.4 Å². The summed E-state index contributed by atoms with van der Waals surface area (Å²) in [5.74, 6) is 2.01. The maximum atomic E-state index is 12.0. The van der Waals surface area contributed by atoms with Crippen LogP contribution in [0.5, 0.6) is 0 Å². The van der Waals surface area contributed by atoms with Gasteiger partial charge in [0.05, 0.1) is 6.54 Å². The predicted molar refractivity (Wildman–Crippen MR) is 88.9 cm³/mol. The topological polar surface area (TPSA) is 59.8 Å². The third kappa shape index (κ3) is 4.18. The van der Waals surface area contributed by atoms with Crippen molar-refractivity contribution in [2.45, 2.75) is 58.5 Å². The molecule has 2 heterocycles. The van der Waals surface area contributed by atoms with Crippen LogP contribution in [0, 0.1) is 6.92 Å². The molecule has 1 aromatic heterocycles. The Labute approximate surface area is 137 Å². The third-order valence-corrected chi connectivity index (χ3v) is 4.39. The largest absolute Gasteiger partial charge is 0.349 e. The fourth-order valence-corrected chi connectivity index (χ4v) is 2.95. The smallest absolute Gasteiger partial charge is 0.220 e. The Morgan fingerprint density at radius 2 is 2.00 bits per heavy atom. The second-order valence-corrected chi connectivity index (χ2v) is 6.26. The Hall–Kier alpha value is -2.17. The van der Waals surface area contributed by atoms with Crippen LogP contribution in [0.1, 0.15) is 48.5 Å². The molecule has 5 nitrogen and oxygen atoms in total. The van der Waals surface area contributed by atoms with E-state index in [1.54, 1.807) is 0 Å². The minimum Gasteiger partial charge on any atom is -0.349 e. The summed E-state index contributed by atoms with van der Waals surface area (Å²) in [4.78, 5) is 12.0. The van der Waals surface area contributed by atoms with Gasteiger partial charge in [-0.15, -0.1) is 10.2 Å². The fraction of sp³-hybridized carbons (Fsp3) is 0.500. The number of nitrogens with one attached hydrogen (secondary N) is 1. The van der Waals surface area contributed by atoms with E-state index in [9.17, 15) is 4.79 Å². The van der Waals surface area contributed by atoms with E-state index in [-0.39, 0.29) is 5.91 Å². The molecule has 1 aliphatic heterocycles. The van der Waals surface area contributed by atoms with E-state index in [0.717, 1.165) is 31.0 Å². The zero-order valence-corrected chi connectivity index (χ0v) is 13.7. The highest BCUT2D eigenvalue weighted by Crippen LogP contribution is 2.14. The number of rotatable bonds is 5. The summed E-state index contributed by atoms with van der Waals surface area (Å²) in [5.41, 5.74) is 2.44. The van der Waals surface area contributed by atoms with Crippen molar-refractivity contribution in [3.63, 3.8) is 0 Å². The number of carbonyl (C=O) groups excluding carboxylic acids is 1. The number of benzene rings is 1. The molecule has 1 aliphatic rings. The van der Waals surface area contributed by atoms with Gasteiger partial charge in [0.15, 0.2) is 5.82 Å². The Morgan fingerprint density at radius 1 is 1.17 bits per heavy atom. The standard InChI is InChI=1S/C18H24N4O/c1-14-6-8-15(9-7-14)10-11-18(23)19-13-17-21-20-16-5-3-2-4-12-22(16)17/h6-9H,2-5,10-13H2,1H3,(H,19,23). The van der Waals surface area contributed by atoms with Crippen LogP contribution in [-0.2, 0) is 30.7 Å². The van der Waals surface area contributed by atoms with Gasteiger partial charge in [0.1, 0.15) is 5.82 Å². The molecule has 0 atom stereocenters. The minimum atomic E-state index is 0.0662. The van der Waals surface area contributed by atoms with Crippen LogP contribution >= 0.6 is 0 Å². The molecule has 0 fully saturated rings. The first-order valence-corrected chi connectivity index (χ1v) is 8.45. The van der Waals surface area contributed by atoms with Gasteiger partial charge in [-0.2, -0.15) is 0 Å². The maximum absolute atomic E-state index is 12.0. The van der Waals surface area contributed by atoms with E-state index in [2.05, 4.69) is 51.3 Å². The number of nitrogens with zero attached hydrogens (tertiary/aromatic N) is 3. The molecule has 1 amide bonds. The van der Waals surface area contributed by atoms with Crippen molar-refractivity contribution in [3.8, 4) is 0 Å². The monoisotopic (exact) mass is 312 g/mol. The van der Waals surface area contributed by atoms with Crippen molar-refractivity contribution in [2.75, 3.05) is 0 Å². The SMILES string of the molecule is Cc1ccc(CCC(=O)NCc2nnc3n2CCCCC3)cc1. The Balaban J connectivity index is 1.49. The zero-order chi connectivity index (χ0) is 16.1. The lowest BCUT2D eigenvalue weighted by Crippen LogP contribution is -2.25. The van der Waals surface area contributed by atoms with Crippen molar-refractivity contribution in [1.82, 2.24) is 20.1 Å². The molecular weight excluding hydrogens is 288 g/mol. The molecule has 0 radical (unpaired) electrons. The highest BCUT2D eigenvalue weighted by molar-refractivity contribution is 5.76. The van der Waals surface area contributed by atoms with E-state index in [0.29, 0.717) is 13.0 Å². The summed E-state index contributed by atoms with van der Waals surface area (Å²) in [6.07, 6.45) is 5.86. The molecule has 3 rings (SSSR count). The first kappa shape index (κ1) is 15.7. The van der Waals surface area contributed by atoms with Crippen molar-refractivity contribution in [1.29, 1.82) is 0 Å². The number of hydrogen-bond acceptors (Lipinski definition) is 3. The molecule has 0 bridgehead atoms. The molecular formula is C18H24N4O. The van der Waals surface area contributed by atoms with Crippen molar-refractivity contribution >= 4 is 5.91 Å². The summed E-state index contributed by atoms with van der Waals surface area (Å²) in [7, 11) is 0. The maximum Gasteiger partial charge on any atom is 0.220 e. The van der Waals surface area contributed by atoms with Crippen LogP contribution in [0.3, 0.4) is 0 Å². The first-order chi connectivity index (χ1) is 11.2. The number of aryl methyl sites for hydroxylation is 3. The van der Waals surface area contributed by atoms with E-state index in [1.165, 1.54) is 30.4 Å². The fourth-order valence-electron chi connectivity index (χ4n) is 2.95. The summed E-state index contributed by atoms with van der Waals surface area (Å²) >= 11 is 0. The molecule has 5 heteroatoms. The second kappa shape index (κ2) is 7.40. The normalized spacial score (nSPS) is 14.1. The van der Waals surface area contributed by atoms with Gasteiger partial charge in [-0.3, -0.25) is 4.79 Å². The quantitative estimate of drug-likeness (QED) is 0.923. The minimum absolute atomic E-state index is 0.0662. The van der Waals surface area contributed by atoms with Crippen molar-refractivity contribution in [2.24, 2.45) is 0 Å². The van der Waals surface area contributed by atoms with Crippen LogP contribution in [-0.4, -0.2) is 20.7 Å². The van der Waals surface area contributed by atoms with Gasteiger partial charge >= 0.3 is 0 Å². The van der Waals surface area contributed by atoms with Gasteiger partial charge in [-0.05, 0) is 31.7 Å². The third-order valence-electron chi connectivity index (χ3n) is 4.39. The van der Waals surface area contributed by atoms with Crippen LogP contribution < -0.4 is 5.32 Å². The highest BCUT2D eigenvalue weighted by atomic mass is 16.1. The lowest BCUT2D eigenvalue weighted by atomic mass is 10.1. The average Bonchev–Trinajstić information content (AvgIpc) is 2.79. The van der Waals surface area contributed by atoms with Gasteiger partial charge < -0.3 is 9.88 Å². The number of amides is 1. The van der Waals surface area contributed by atoms with Gasteiger partial charge in [-0.1, -0.05) is 36.2 Å². The van der Waals surface area contributed by atoms with Crippen LogP contribution in [0.4, 0.5) is 0 Å². The molecule has 0 saturated carbocycles. The van der Waals surface area contributed by atoms with E-state index < -0.39 is 0 Å². The zero-order valence-electron chi connectivity index (χ0n) is 13.7. The Morgan fingerprint density at radius 3 is 2.83 bits per heavy atom. The molecule has 1 aromatic carbocycles. The second-order valence-electron chi connectivity index (χ2n) is 6.26. The van der Waals surface area contributed by atoms with Crippen LogP contribution in [0.25, 0.3) is 0 Å². The van der Waals surface area contributed by atoms with Gasteiger partial charge in [0.2, 0.25) is 5.91 Å². The molecule has 0 saturated heterocycles. The van der Waals surface area contributed by atoms with Gasteiger partial charge in [0.25, 0.3) is 0 Å². The molecule has 0 unspecified atom stereocenters. The number of hydrogen-bond donors (Lipinski definition) is 1. The summed E-state index contributed by atoms with van der Waals surface area (Å²) < 4.78 is 2.17. The summed E-state index contributed by atoms with van der Waals surface area (Å²) in [6.45, 7) is 3.51. The lowest BCUT2D eigenvalue weighted by molar-refractivity contribution is -0.121. The molecule has 1 N–H and O–H groups in total. The van der Waals surface area contributed by atoms with Crippen LogP contribution in [0.2, 0.25) is 0 Å². The van der Waals surface area contributed by atoms with E-state index in [1.807, 2.05) is 0 Å². The Bertz CT molecular complexity index is 660. The lowest BCUT2D eigenvalue weighted by Gasteiger charge is -2.08. The van der Waals surface area contributed by atoms with E-state index in [4.69, 9.17) is 0 Å². The molecule has 23 heavy (non-hydrogen) atoms. The van der Waals surface area contributed by atoms with Crippen LogP contribution in [0.15, 0.2) is 24.3 Å². The molecule has 2 aromatic rings. The molecule has 0 aliphatic carbocycles. The summed E-state index contributed by atoms with van der Waals surface area (Å²) in [6, 6.07) is 8.33. The first-order valence-electron chi connectivity index (χ1n) is 8.45. The molecule has 122 valence electrons. The molecule has 0 spiro atoms. The van der Waals surface area contributed by atoms with E-state index >= 15 is 0 Å². The Kier molecular flexibility index (Phi) is 5.05. The van der Waals surface area contributed by atoms with Crippen molar-refractivity contribution in [3.05, 3.63) is 47.0 Å². The number of carbonyl (C=O) groups is 1. The predicted octanol–water partition coefficient (Wildman–Crippen LogP) is 2.56. The number of aromatic nitrogens is 3. The van der Waals surface area contributed by atoms with Gasteiger partial charge in [-0.25, -0.2) is 0 Å². The highest BCUT2D eigenvalue weighted by Gasteiger charge is 2.14. The number of fused-ring (bicyclic) bond motifs is 1. The summed E-state index contributed by atoms with van der Waals surface area (Å²) in [5, 5.41) is 11.5. The average molecular weight is 312 g/mol. The van der Waals surface area contributed by atoms with Crippen molar-refractivity contribution < 1.29 is 4.79 Å².